The van der Waals surface area contributed by atoms with E-state index < -0.39 is 17.5 Å². The van der Waals surface area contributed by atoms with Crippen LogP contribution in [0.2, 0.25) is 0 Å². The summed E-state index contributed by atoms with van der Waals surface area (Å²) in [6.45, 7) is 1.63. The van der Waals surface area contributed by atoms with Crippen molar-refractivity contribution in [2.45, 2.75) is 18.9 Å². The molecule has 6 heteroatoms. The Labute approximate surface area is 110 Å². The predicted molar refractivity (Wildman–Crippen MR) is 67.0 cm³/mol. The van der Waals surface area contributed by atoms with E-state index in [1.165, 1.54) is 0 Å². The van der Waals surface area contributed by atoms with E-state index in [4.69, 9.17) is 0 Å². The van der Waals surface area contributed by atoms with Gasteiger partial charge in [-0.15, -0.1) is 12.4 Å². The first-order valence-electron chi connectivity index (χ1n) is 5.63. The summed E-state index contributed by atoms with van der Waals surface area (Å²) in [4.78, 5) is 11.7. The van der Waals surface area contributed by atoms with Crippen LogP contribution in [-0.4, -0.2) is 25.0 Å². The highest BCUT2D eigenvalue weighted by Gasteiger charge is 2.18. The highest BCUT2D eigenvalue weighted by molar-refractivity contribution is 5.94. The second-order valence-corrected chi connectivity index (χ2v) is 4.14. The summed E-state index contributed by atoms with van der Waals surface area (Å²) < 4.78 is 26.0. The van der Waals surface area contributed by atoms with Crippen molar-refractivity contribution in [3.63, 3.8) is 0 Å². The largest absolute Gasteiger partial charge is 0.348 e. The number of halogens is 3. The fourth-order valence-corrected chi connectivity index (χ4v) is 1.91. The van der Waals surface area contributed by atoms with Gasteiger partial charge in [-0.05, 0) is 31.5 Å². The normalized spacial score (nSPS) is 18.9. The van der Waals surface area contributed by atoms with Gasteiger partial charge in [0.25, 0.3) is 5.91 Å². The monoisotopic (exact) mass is 276 g/mol. The lowest BCUT2D eigenvalue weighted by Gasteiger charge is -2.23. The molecule has 1 aliphatic rings. The molecule has 1 atom stereocenters. The molecule has 18 heavy (non-hydrogen) atoms. The van der Waals surface area contributed by atoms with Crippen LogP contribution in [0.5, 0.6) is 0 Å². The fraction of sp³-hybridized carbons (Fsp3) is 0.417. The van der Waals surface area contributed by atoms with Crippen molar-refractivity contribution >= 4 is 18.3 Å². The number of hydrogen-bond donors (Lipinski definition) is 2. The summed E-state index contributed by atoms with van der Waals surface area (Å²) in [5, 5.41) is 5.88. The van der Waals surface area contributed by atoms with Gasteiger partial charge in [0, 0.05) is 18.7 Å². The zero-order valence-corrected chi connectivity index (χ0v) is 10.5. The highest BCUT2D eigenvalue weighted by Crippen LogP contribution is 2.10. The molecule has 0 bridgehead atoms. The summed E-state index contributed by atoms with van der Waals surface area (Å²) in [5.41, 5.74) is -0.114. The van der Waals surface area contributed by atoms with Crippen molar-refractivity contribution in [3.05, 3.63) is 35.4 Å². The summed E-state index contributed by atoms with van der Waals surface area (Å²) >= 11 is 0. The van der Waals surface area contributed by atoms with Crippen molar-refractivity contribution in [3.8, 4) is 0 Å². The third-order valence-corrected chi connectivity index (χ3v) is 2.81. The molecule has 0 aliphatic carbocycles. The van der Waals surface area contributed by atoms with Crippen LogP contribution < -0.4 is 10.6 Å². The third kappa shape index (κ3) is 3.65. The summed E-state index contributed by atoms with van der Waals surface area (Å²) in [6.07, 6.45) is 1.86. The minimum atomic E-state index is -0.828. The van der Waals surface area contributed by atoms with Gasteiger partial charge in [-0.1, -0.05) is 0 Å². The Kier molecular flexibility index (Phi) is 5.50. The van der Waals surface area contributed by atoms with Gasteiger partial charge in [0.2, 0.25) is 0 Å². The number of carbonyl (C=O) groups excluding carboxylic acids is 1. The first-order chi connectivity index (χ1) is 8.16. The van der Waals surface area contributed by atoms with Gasteiger partial charge in [0.15, 0.2) is 0 Å². The predicted octanol–water partition coefficient (Wildman–Crippen LogP) is 1.87. The number of piperidine rings is 1. The molecular weight excluding hydrogens is 262 g/mol. The van der Waals surface area contributed by atoms with Crippen LogP contribution in [0, 0.1) is 11.6 Å². The molecule has 1 amide bonds. The van der Waals surface area contributed by atoms with E-state index in [1.54, 1.807) is 0 Å². The Bertz CT molecular complexity index is 423. The smallest absolute Gasteiger partial charge is 0.254 e. The molecule has 0 aromatic heterocycles. The van der Waals surface area contributed by atoms with Gasteiger partial charge in [-0.25, -0.2) is 8.78 Å². The van der Waals surface area contributed by atoms with E-state index in [2.05, 4.69) is 10.6 Å². The Morgan fingerprint density at radius 2 is 2.17 bits per heavy atom. The number of benzene rings is 1. The fourth-order valence-electron chi connectivity index (χ4n) is 1.91. The SMILES string of the molecule is Cl.O=C(N[C@@H]1CCCNC1)c1ccc(F)cc1F. The molecule has 1 fully saturated rings. The maximum atomic E-state index is 13.3. The van der Waals surface area contributed by atoms with Gasteiger partial charge in [-0.3, -0.25) is 4.79 Å². The molecule has 0 unspecified atom stereocenters. The van der Waals surface area contributed by atoms with Crippen molar-refractivity contribution in [1.82, 2.24) is 10.6 Å². The lowest BCUT2D eigenvalue weighted by atomic mass is 10.1. The van der Waals surface area contributed by atoms with E-state index in [1.807, 2.05) is 0 Å². The Hall–Kier alpha value is -1.20. The van der Waals surface area contributed by atoms with Crippen LogP contribution in [0.15, 0.2) is 18.2 Å². The standard InChI is InChI=1S/C12H14F2N2O.ClH/c13-8-3-4-10(11(14)6-8)12(17)16-9-2-1-5-15-7-9;/h3-4,6,9,15H,1-2,5,7H2,(H,16,17);1H/t9-;/m1./s1. The van der Waals surface area contributed by atoms with Crippen LogP contribution in [0.25, 0.3) is 0 Å². The lowest BCUT2D eigenvalue weighted by molar-refractivity contribution is 0.0926. The van der Waals surface area contributed by atoms with Crippen LogP contribution in [-0.2, 0) is 0 Å². The van der Waals surface area contributed by atoms with E-state index >= 15 is 0 Å². The number of rotatable bonds is 2. The summed E-state index contributed by atoms with van der Waals surface area (Å²) in [5.74, 6) is -2.00. The molecule has 2 N–H and O–H groups in total. The van der Waals surface area contributed by atoms with E-state index in [9.17, 15) is 13.6 Å². The minimum absolute atomic E-state index is 0. The summed E-state index contributed by atoms with van der Waals surface area (Å²) in [7, 11) is 0. The van der Waals surface area contributed by atoms with Crippen molar-refractivity contribution in [2.24, 2.45) is 0 Å². The van der Waals surface area contributed by atoms with Gasteiger partial charge < -0.3 is 10.6 Å². The third-order valence-electron chi connectivity index (χ3n) is 2.81. The topological polar surface area (TPSA) is 41.1 Å². The van der Waals surface area contributed by atoms with E-state index in [0.717, 1.165) is 31.5 Å². The molecule has 1 saturated heterocycles. The Morgan fingerprint density at radius 1 is 1.39 bits per heavy atom. The number of nitrogens with one attached hydrogen (secondary N) is 2. The van der Waals surface area contributed by atoms with Crippen LogP contribution in [0.4, 0.5) is 8.78 Å². The molecule has 1 heterocycles. The zero-order valence-electron chi connectivity index (χ0n) is 9.71. The highest BCUT2D eigenvalue weighted by atomic mass is 35.5. The van der Waals surface area contributed by atoms with Crippen molar-refractivity contribution in [2.75, 3.05) is 13.1 Å². The van der Waals surface area contributed by atoms with Crippen LogP contribution in [0.3, 0.4) is 0 Å². The maximum Gasteiger partial charge on any atom is 0.254 e. The first kappa shape index (κ1) is 14.9. The second-order valence-electron chi connectivity index (χ2n) is 4.14. The molecule has 0 saturated carbocycles. The Morgan fingerprint density at radius 3 is 2.78 bits per heavy atom. The molecule has 0 spiro atoms. The van der Waals surface area contributed by atoms with Crippen molar-refractivity contribution < 1.29 is 13.6 Å². The van der Waals surface area contributed by atoms with Gasteiger partial charge in [0.05, 0.1) is 5.56 Å². The second kappa shape index (κ2) is 6.66. The quantitative estimate of drug-likeness (QED) is 0.866. The van der Waals surface area contributed by atoms with Gasteiger partial charge >= 0.3 is 0 Å². The zero-order chi connectivity index (χ0) is 12.3. The maximum absolute atomic E-state index is 13.3. The van der Waals surface area contributed by atoms with E-state index in [-0.39, 0.29) is 24.0 Å². The van der Waals surface area contributed by atoms with Crippen molar-refractivity contribution in [1.29, 1.82) is 0 Å². The van der Waals surface area contributed by atoms with Gasteiger partial charge in [-0.2, -0.15) is 0 Å². The molecule has 0 radical (unpaired) electrons. The minimum Gasteiger partial charge on any atom is -0.348 e. The number of hydrogen-bond acceptors (Lipinski definition) is 2. The molecule has 1 aromatic rings. The van der Waals surface area contributed by atoms with Gasteiger partial charge in [0.1, 0.15) is 11.6 Å². The van der Waals surface area contributed by atoms with Crippen LogP contribution >= 0.6 is 12.4 Å². The van der Waals surface area contributed by atoms with Crippen LogP contribution in [0.1, 0.15) is 23.2 Å². The molecular formula is C12H15ClF2N2O. The number of carbonyl (C=O) groups is 1. The molecule has 100 valence electrons. The average Bonchev–Trinajstić information content (AvgIpc) is 2.30. The lowest BCUT2D eigenvalue weighted by Crippen LogP contribution is -2.45. The summed E-state index contributed by atoms with van der Waals surface area (Å²) in [6, 6.07) is 2.97. The molecule has 1 aliphatic heterocycles. The Balaban J connectivity index is 0.00000162. The average molecular weight is 277 g/mol. The van der Waals surface area contributed by atoms with E-state index in [0.29, 0.717) is 12.6 Å². The molecule has 3 nitrogen and oxygen atoms in total. The molecule has 1 aromatic carbocycles. The first-order valence-corrected chi connectivity index (χ1v) is 5.63. The number of amides is 1. The molecule has 2 rings (SSSR count).